The van der Waals surface area contributed by atoms with Crippen LogP contribution in [-0.4, -0.2) is 72.2 Å². The topological polar surface area (TPSA) is 151 Å². The molecule has 12 heteroatoms. The van der Waals surface area contributed by atoms with Gasteiger partial charge in [0.15, 0.2) is 6.10 Å². The standard InChI is InChI=1S/C28H44N4O7S/c1-6-8-9-10-11-14-22(39-26(36)30-27(3,4)5)24(34)32-17-12-13-21(32)23(33)29-28(18-19(28)7-2)25(35)31-40(37,38)20-15-16-20/h6-7,19-22H,1-2,8-18H2,3-5H3,(H,29,33)(H,30,36)(H,31,35)/t19-,21+,22?,28-/m1/s1. The van der Waals surface area contributed by atoms with Crippen LogP contribution in [0.2, 0.25) is 0 Å². The van der Waals surface area contributed by atoms with Crippen molar-refractivity contribution in [2.24, 2.45) is 5.92 Å². The molecule has 2 aliphatic carbocycles. The number of hydrogen-bond donors (Lipinski definition) is 3. The van der Waals surface area contributed by atoms with E-state index in [1.54, 1.807) is 20.8 Å². The Hall–Kier alpha value is -2.89. The second-order valence-electron chi connectivity index (χ2n) is 12.1. The molecule has 40 heavy (non-hydrogen) atoms. The Morgan fingerprint density at radius 1 is 1.10 bits per heavy atom. The van der Waals surface area contributed by atoms with Crippen LogP contribution in [0.1, 0.15) is 85.0 Å². The molecule has 0 spiro atoms. The molecule has 0 aromatic heterocycles. The molecule has 11 nitrogen and oxygen atoms in total. The van der Waals surface area contributed by atoms with E-state index >= 15 is 0 Å². The number of hydrogen-bond acceptors (Lipinski definition) is 7. The molecule has 1 saturated heterocycles. The van der Waals surface area contributed by atoms with Crippen molar-refractivity contribution >= 4 is 33.8 Å². The van der Waals surface area contributed by atoms with E-state index in [0.29, 0.717) is 45.1 Å². The Bertz CT molecular complexity index is 1110. The first-order chi connectivity index (χ1) is 18.7. The molecular weight excluding hydrogens is 536 g/mol. The third-order valence-electron chi connectivity index (χ3n) is 7.46. The van der Waals surface area contributed by atoms with Gasteiger partial charge in [-0.3, -0.25) is 19.1 Å². The van der Waals surface area contributed by atoms with Crippen molar-refractivity contribution in [1.82, 2.24) is 20.3 Å². The van der Waals surface area contributed by atoms with Crippen LogP contribution in [0.4, 0.5) is 4.79 Å². The molecule has 2 saturated carbocycles. The van der Waals surface area contributed by atoms with Crippen LogP contribution in [0.25, 0.3) is 0 Å². The first kappa shape index (κ1) is 31.6. The van der Waals surface area contributed by atoms with Gasteiger partial charge in [0.2, 0.25) is 15.9 Å². The second-order valence-corrected chi connectivity index (χ2v) is 14.0. The van der Waals surface area contributed by atoms with Crippen molar-refractivity contribution in [3.63, 3.8) is 0 Å². The van der Waals surface area contributed by atoms with Gasteiger partial charge >= 0.3 is 6.09 Å². The molecular formula is C28H44N4O7S. The van der Waals surface area contributed by atoms with Crippen LogP contribution in [0.3, 0.4) is 0 Å². The predicted octanol–water partition coefficient (Wildman–Crippen LogP) is 2.68. The second kappa shape index (κ2) is 12.7. The lowest BCUT2D eigenvalue weighted by Gasteiger charge is -2.30. The van der Waals surface area contributed by atoms with Crippen LogP contribution in [0, 0.1) is 5.92 Å². The maximum atomic E-state index is 13.6. The lowest BCUT2D eigenvalue weighted by Crippen LogP contribution is -2.57. The SMILES string of the molecule is C=CCCCCCC(OC(=O)NC(C)(C)C)C(=O)N1CCC[C@H]1C(=O)N[C@]1(C(=O)NS(=O)(=O)C2CC2)C[C@H]1C=C. The van der Waals surface area contributed by atoms with Crippen LogP contribution in [0.15, 0.2) is 25.3 Å². The summed E-state index contributed by atoms with van der Waals surface area (Å²) in [6.45, 7) is 13.1. The minimum atomic E-state index is -3.80. The van der Waals surface area contributed by atoms with Crippen LogP contribution in [0.5, 0.6) is 0 Å². The van der Waals surface area contributed by atoms with E-state index < -0.39 is 68.2 Å². The molecule has 3 N–H and O–H groups in total. The van der Waals surface area contributed by atoms with Gasteiger partial charge in [0.25, 0.3) is 11.8 Å². The average Bonchev–Trinajstić information content (AvgIpc) is 3.78. The molecule has 0 radical (unpaired) electrons. The maximum Gasteiger partial charge on any atom is 0.408 e. The molecule has 4 amide bonds. The van der Waals surface area contributed by atoms with Gasteiger partial charge in [-0.25, -0.2) is 13.2 Å². The molecule has 3 rings (SSSR count). The number of unbranched alkanes of at least 4 members (excludes halogenated alkanes) is 3. The monoisotopic (exact) mass is 580 g/mol. The molecule has 4 atom stereocenters. The van der Waals surface area contributed by atoms with Crippen molar-refractivity contribution in [3.05, 3.63) is 25.3 Å². The highest BCUT2D eigenvalue weighted by molar-refractivity contribution is 7.91. The van der Waals surface area contributed by atoms with Gasteiger partial charge in [0.05, 0.1) is 5.25 Å². The van der Waals surface area contributed by atoms with Crippen molar-refractivity contribution < 1.29 is 32.3 Å². The molecule has 1 aliphatic heterocycles. The van der Waals surface area contributed by atoms with Crippen molar-refractivity contribution in [2.75, 3.05) is 6.54 Å². The van der Waals surface area contributed by atoms with Gasteiger partial charge in [-0.05, 0) is 78.6 Å². The summed E-state index contributed by atoms with van der Waals surface area (Å²) in [4.78, 5) is 54.1. The summed E-state index contributed by atoms with van der Waals surface area (Å²) in [6, 6.07) is -0.874. The van der Waals surface area contributed by atoms with Gasteiger partial charge < -0.3 is 20.3 Å². The van der Waals surface area contributed by atoms with Crippen LogP contribution < -0.4 is 15.4 Å². The fraction of sp³-hybridized carbons (Fsp3) is 0.714. The number of carbonyl (C=O) groups is 4. The Morgan fingerprint density at radius 3 is 2.38 bits per heavy atom. The summed E-state index contributed by atoms with van der Waals surface area (Å²) in [5.74, 6) is -2.22. The zero-order chi connectivity index (χ0) is 29.7. The Morgan fingerprint density at radius 2 is 1.80 bits per heavy atom. The predicted molar refractivity (Wildman–Crippen MR) is 150 cm³/mol. The number of amides is 4. The highest BCUT2D eigenvalue weighted by Crippen LogP contribution is 2.45. The van der Waals surface area contributed by atoms with Crippen molar-refractivity contribution in [2.45, 2.75) is 113 Å². The molecule has 1 heterocycles. The number of ether oxygens (including phenoxy) is 1. The lowest BCUT2D eigenvalue weighted by molar-refractivity contribution is -0.146. The zero-order valence-corrected chi connectivity index (χ0v) is 24.7. The Labute approximate surface area is 237 Å². The summed E-state index contributed by atoms with van der Waals surface area (Å²) in [5.41, 5.74) is -1.98. The molecule has 224 valence electrons. The van der Waals surface area contributed by atoms with Gasteiger partial charge in [0, 0.05) is 18.0 Å². The van der Waals surface area contributed by atoms with E-state index in [1.165, 1.54) is 11.0 Å². The van der Waals surface area contributed by atoms with E-state index in [2.05, 4.69) is 28.5 Å². The van der Waals surface area contributed by atoms with Gasteiger partial charge in [-0.1, -0.05) is 18.6 Å². The molecule has 0 aromatic rings. The van der Waals surface area contributed by atoms with E-state index in [-0.39, 0.29) is 6.42 Å². The Kier molecular flexibility index (Phi) is 10.1. The number of nitrogens with zero attached hydrogens (tertiary/aromatic N) is 1. The van der Waals surface area contributed by atoms with E-state index in [9.17, 15) is 27.6 Å². The summed E-state index contributed by atoms with van der Waals surface area (Å²) in [7, 11) is -3.80. The first-order valence-electron chi connectivity index (χ1n) is 14.1. The van der Waals surface area contributed by atoms with Crippen molar-refractivity contribution in [1.29, 1.82) is 0 Å². The summed E-state index contributed by atoms with van der Waals surface area (Å²) < 4.78 is 32.4. The fourth-order valence-electron chi connectivity index (χ4n) is 5.00. The smallest absolute Gasteiger partial charge is 0.408 e. The number of alkyl carbamates (subject to hydrolysis) is 1. The molecule has 3 fully saturated rings. The average molecular weight is 581 g/mol. The van der Waals surface area contributed by atoms with Gasteiger partial charge in [0.1, 0.15) is 11.6 Å². The number of rotatable bonds is 14. The van der Waals surface area contributed by atoms with Crippen LogP contribution >= 0.6 is 0 Å². The van der Waals surface area contributed by atoms with E-state index in [1.807, 2.05) is 6.08 Å². The normalized spacial score (nSPS) is 24.9. The van der Waals surface area contributed by atoms with Gasteiger partial charge in [-0.15, -0.1) is 13.2 Å². The van der Waals surface area contributed by atoms with Crippen molar-refractivity contribution in [3.8, 4) is 0 Å². The third-order valence-corrected chi connectivity index (χ3v) is 9.28. The summed E-state index contributed by atoms with van der Waals surface area (Å²) in [5, 5.41) is 4.86. The third kappa shape index (κ3) is 8.08. The van der Waals surface area contributed by atoms with E-state index in [4.69, 9.17) is 4.74 Å². The zero-order valence-electron chi connectivity index (χ0n) is 23.9. The minimum absolute atomic E-state index is 0.221. The highest BCUT2D eigenvalue weighted by Gasteiger charge is 2.61. The minimum Gasteiger partial charge on any atom is -0.436 e. The molecule has 0 aromatic carbocycles. The number of sulfonamides is 1. The number of nitrogens with one attached hydrogen (secondary N) is 3. The lowest BCUT2D eigenvalue weighted by atomic mass is 10.1. The largest absolute Gasteiger partial charge is 0.436 e. The first-order valence-corrected chi connectivity index (χ1v) is 15.7. The molecule has 0 bridgehead atoms. The highest BCUT2D eigenvalue weighted by atomic mass is 32.2. The van der Waals surface area contributed by atoms with Crippen LogP contribution in [-0.2, 0) is 29.1 Å². The maximum absolute atomic E-state index is 13.6. The van der Waals surface area contributed by atoms with Gasteiger partial charge in [-0.2, -0.15) is 0 Å². The summed E-state index contributed by atoms with van der Waals surface area (Å²) >= 11 is 0. The molecule has 3 aliphatic rings. The van der Waals surface area contributed by atoms with E-state index in [0.717, 1.165) is 19.3 Å². The summed E-state index contributed by atoms with van der Waals surface area (Å²) in [6.07, 6.45) is 7.25. The number of carbonyl (C=O) groups excluding carboxylic acids is 4. The quantitative estimate of drug-likeness (QED) is 0.211. The number of likely N-dealkylation sites (tertiary alicyclic amines) is 1. The number of allylic oxidation sites excluding steroid dienone is 1. The molecule has 1 unspecified atom stereocenters. The fourth-order valence-corrected chi connectivity index (χ4v) is 6.36. The Balaban J connectivity index is 1.70.